The molecule has 0 fully saturated rings. The molecule has 2 rings (SSSR count). The molecule has 1 heterocycles. The average molecular weight is 309 g/mol. The number of rotatable bonds is 7. The number of hydrogen-bond donors (Lipinski definition) is 2. The summed E-state index contributed by atoms with van der Waals surface area (Å²) in [6.07, 6.45) is 1.39. The van der Waals surface area contributed by atoms with Gasteiger partial charge in [0.2, 0.25) is 10.9 Å². The van der Waals surface area contributed by atoms with Crippen molar-refractivity contribution in [1.29, 1.82) is 0 Å². The monoisotopic (exact) mass is 309 g/mol. The number of hydrogen-bond acceptors (Lipinski definition) is 4. The van der Waals surface area contributed by atoms with Crippen LogP contribution in [-0.2, 0) is 16.4 Å². The second-order valence-corrected chi connectivity index (χ2v) is 6.11. The number of furan rings is 1. The summed E-state index contributed by atoms with van der Waals surface area (Å²) in [6.45, 7) is 0.250. The van der Waals surface area contributed by atoms with Gasteiger partial charge in [0.15, 0.2) is 0 Å². The quantitative estimate of drug-likeness (QED) is 0.761. The van der Waals surface area contributed by atoms with E-state index in [1.165, 1.54) is 0 Å². The summed E-state index contributed by atoms with van der Waals surface area (Å²) < 4.78 is 30.9. The highest BCUT2D eigenvalue weighted by molar-refractivity contribution is 7.89. The Morgan fingerprint density at radius 2 is 1.86 bits per heavy atom. The van der Waals surface area contributed by atoms with Gasteiger partial charge in [-0.15, -0.1) is 0 Å². The molecule has 0 saturated heterocycles. The van der Waals surface area contributed by atoms with Crippen LogP contribution < -0.4 is 4.72 Å². The van der Waals surface area contributed by atoms with Crippen molar-refractivity contribution in [1.82, 2.24) is 4.72 Å². The van der Waals surface area contributed by atoms with Gasteiger partial charge in [0.25, 0.3) is 10.0 Å². The highest BCUT2D eigenvalue weighted by Gasteiger charge is 2.20. The molecule has 2 aromatic rings. The van der Waals surface area contributed by atoms with Crippen LogP contribution in [0.15, 0.2) is 52.0 Å². The highest BCUT2D eigenvalue weighted by Crippen LogP contribution is 2.13. The Morgan fingerprint density at radius 1 is 1.14 bits per heavy atom. The number of aryl methyl sites for hydroxylation is 1. The molecule has 0 aliphatic carbocycles. The van der Waals surface area contributed by atoms with Gasteiger partial charge in [-0.25, -0.2) is 17.9 Å². The van der Waals surface area contributed by atoms with Crippen LogP contribution >= 0.6 is 0 Å². The van der Waals surface area contributed by atoms with Crippen LogP contribution in [0.2, 0.25) is 0 Å². The summed E-state index contributed by atoms with van der Waals surface area (Å²) in [7, 11) is -3.81. The number of benzene rings is 1. The van der Waals surface area contributed by atoms with Gasteiger partial charge < -0.3 is 9.52 Å². The third-order valence-corrected chi connectivity index (χ3v) is 4.17. The number of carbonyl (C=O) groups is 1. The maximum absolute atomic E-state index is 11.9. The zero-order valence-corrected chi connectivity index (χ0v) is 12.0. The maximum atomic E-state index is 11.9. The molecule has 0 unspecified atom stereocenters. The van der Waals surface area contributed by atoms with Crippen LogP contribution in [0.4, 0.5) is 0 Å². The standard InChI is InChI=1S/C14H15NO5S/c16-14(17)12-8-9-13(20-12)21(18,19)15-10-4-7-11-5-2-1-3-6-11/h1-3,5-6,8-9,15H,4,7,10H2,(H,16,17). The predicted octanol–water partition coefficient (Wildman–Crippen LogP) is 1.89. The van der Waals surface area contributed by atoms with Gasteiger partial charge in [0, 0.05) is 6.54 Å². The van der Waals surface area contributed by atoms with E-state index in [2.05, 4.69) is 4.72 Å². The molecule has 2 N–H and O–H groups in total. The van der Waals surface area contributed by atoms with Gasteiger partial charge in [0.05, 0.1) is 0 Å². The number of carboxylic acid groups (broad SMARTS) is 1. The predicted molar refractivity (Wildman–Crippen MR) is 75.6 cm³/mol. The van der Waals surface area contributed by atoms with Gasteiger partial charge in [-0.3, -0.25) is 0 Å². The van der Waals surface area contributed by atoms with Gasteiger partial charge in [0.1, 0.15) is 0 Å². The Balaban J connectivity index is 1.88. The van der Waals surface area contributed by atoms with Crippen molar-refractivity contribution in [3.63, 3.8) is 0 Å². The van der Waals surface area contributed by atoms with Crippen LogP contribution in [0, 0.1) is 0 Å². The number of sulfonamides is 1. The van der Waals surface area contributed by atoms with E-state index in [1.807, 2.05) is 30.3 Å². The largest absolute Gasteiger partial charge is 0.475 e. The van der Waals surface area contributed by atoms with Crippen molar-refractivity contribution in [2.75, 3.05) is 6.54 Å². The Bertz CT molecular complexity index is 706. The minimum atomic E-state index is -3.81. The molecule has 1 aromatic heterocycles. The van der Waals surface area contributed by atoms with Crippen LogP contribution in [0.5, 0.6) is 0 Å². The molecule has 0 aliphatic heterocycles. The Morgan fingerprint density at radius 3 is 2.48 bits per heavy atom. The molecule has 0 aliphatic rings. The fraction of sp³-hybridized carbons (Fsp3) is 0.214. The van der Waals surface area contributed by atoms with Gasteiger partial charge in [-0.1, -0.05) is 30.3 Å². The van der Waals surface area contributed by atoms with Crippen molar-refractivity contribution in [3.05, 3.63) is 53.8 Å². The summed E-state index contributed by atoms with van der Waals surface area (Å²) in [5.74, 6) is -1.71. The molecule has 1 aromatic carbocycles. The third kappa shape index (κ3) is 4.17. The third-order valence-electron chi connectivity index (χ3n) is 2.83. The Kier molecular flexibility index (Phi) is 4.77. The Labute approximate surface area is 122 Å². The number of carboxylic acids is 1. The van der Waals surface area contributed by atoms with Crippen molar-refractivity contribution in [2.45, 2.75) is 17.9 Å². The number of aromatic carboxylic acids is 1. The first-order valence-corrected chi connectivity index (χ1v) is 7.84. The molecule has 21 heavy (non-hydrogen) atoms. The van der Waals surface area contributed by atoms with E-state index in [1.54, 1.807) is 0 Å². The van der Waals surface area contributed by atoms with Crippen LogP contribution in [-0.4, -0.2) is 26.0 Å². The summed E-state index contributed by atoms with van der Waals surface area (Å²) in [4.78, 5) is 10.6. The first kappa shape index (κ1) is 15.3. The smallest absolute Gasteiger partial charge is 0.371 e. The van der Waals surface area contributed by atoms with E-state index in [-0.39, 0.29) is 11.6 Å². The Hall–Kier alpha value is -2.12. The van der Waals surface area contributed by atoms with Crippen molar-refractivity contribution in [3.8, 4) is 0 Å². The SMILES string of the molecule is O=C(O)c1ccc(S(=O)(=O)NCCCc2ccccc2)o1. The first-order chi connectivity index (χ1) is 9.99. The first-order valence-electron chi connectivity index (χ1n) is 6.36. The van der Waals surface area contributed by atoms with Crippen LogP contribution in [0.3, 0.4) is 0 Å². The topological polar surface area (TPSA) is 96.6 Å². The summed E-state index contributed by atoms with van der Waals surface area (Å²) in [5.41, 5.74) is 1.13. The van der Waals surface area contributed by atoms with E-state index < -0.39 is 21.8 Å². The van der Waals surface area contributed by atoms with E-state index in [9.17, 15) is 13.2 Å². The average Bonchev–Trinajstić information content (AvgIpc) is 2.96. The molecule has 7 heteroatoms. The maximum Gasteiger partial charge on any atom is 0.371 e. The van der Waals surface area contributed by atoms with E-state index in [0.717, 1.165) is 24.1 Å². The zero-order chi connectivity index (χ0) is 15.3. The molecule has 0 spiro atoms. The fourth-order valence-electron chi connectivity index (χ4n) is 1.79. The van der Waals surface area contributed by atoms with E-state index >= 15 is 0 Å². The summed E-state index contributed by atoms with van der Waals surface area (Å²) in [6, 6.07) is 12.0. The second kappa shape index (κ2) is 6.55. The molecule has 0 amide bonds. The minimum absolute atomic E-state index is 0.250. The van der Waals surface area contributed by atoms with Crippen molar-refractivity contribution < 1.29 is 22.7 Å². The molecular weight excluding hydrogens is 294 g/mol. The van der Waals surface area contributed by atoms with Gasteiger partial charge >= 0.3 is 5.97 Å². The molecule has 0 saturated carbocycles. The van der Waals surface area contributed by atoms with Gasteiger partial charge in [-0.2, -0.15) is 0 Å². The van der Waals surface area contributed by atoms with Crippen LogP contribution in [0.1, 0.15) is 22.5 Å². The second-order valence-electron chi connectivity index (χ2n) is 4.41. The lowest BCUT2D eigenvalue weighted by Crippen LogP contribution is -2.24. The minimum Gasteiger partial charge on any atom is -0.475 e. The molecular formula is C14H15NO5S. The van der Waals surface area contributed by atoms with Gasteiger partial charge in [-0.05, 0) is 30.5 Å². The summed E-state index contributed by atoms with van der Waals surface area (Å²) >= 11 is 0. The summed E-state index contributed by atoms with van der Waals surface area (Å²) in [5, 5.41) is 8.31. The highest BCUT2D eigenvalue weighted by atomic mass is 32.2. The molecule has 0 bridgehead atoms. The molecule has 6 nitrogen and oxygen atoms in total. The van der Waals surface area contributed by atoms with Crippen LogP contribution in [0.25, 0.3) is 0 Å². The molecule has 0 atom stereocenters. The van der Waals surface area contributed by atoms with E-state index in [4.69, 9.17) is 9.52 Å². The van der Waals surface area contributed by atoms with Crippen molar-refractivity contribution in [2.24, 2.45) is 0 Å². The lowest BCUT2D eigenvalue weighted by molar-refractivity contribution is 0.0656. The zero-order valence-electron chi connectivity index (χ0n) is 11.2. The van der Waals surface area contributed by atoms with E-state index in [0.29, 0.717) is 6.42 Å². The number of nitrogens with one attached hydrogen (secondary N) is 1. The fourth-order valence-corrected chi connectivity index (χ4v) is 2.80. The van der Waals surface area contributed by atoms with Crippen molar-refractivity contribution >= 4 is 16.0 Å². The lowest BCUT2D eigenvalue weighted by Gasteiger charge is -2.04. The molecule has 0 radical (unpaired) electrons. The lowest BCUT2D eigenvalue weighted by atomic mass is 10.1. The molecule has 112 valence electrons. The normalized spacial score (nSPS) is 11.4.